The maximum absolute atomic E-state index is 6.15. The fraction of sp³-hybridized carbons (Fsp3) is 0.111. The molecule has 0 aliphatic rings. The molecule has 128 valence electrons. The molecule has 3 N–H and O–H groups in total. The number of ether oxygens (including phenoxy) is 2. The lowest BCUT2D eigenvalue weighted by Crippen LogP contribution is -2.03. The molecular weight excluding hydrogens is 340 g/mol. The Morgan fingerprint density at radius 2 is 1.92 bits per heavy atom. The summed E-state index contributed by atoms with van der Waals surface area (Å²) in [7, 11) is 1.61. The van der Waals surface area contributed by atoms with E-state index in [-0.39, 0.29) is 5.88 Å². The number of nitrogen functional groups attached to an aromatic ring is 1. The van der Waals surface area contributed by atoms with Gasteiger partial charge in [-0.25, -0.2) is 4.98 Å². The number of benzene rings is 2. The van der Waals surface area contributed by atoms with Gasteiger partial charge in [-0.3, -0.25) is 0 Å². The van der Waals surface area contributed by atoms with Crippen molar-refractivity contribution in [1.29, 1.82) is 0 Å². The molecule has 2 aromatic carbocycles. The molecule has 0 amide bonds. The van der Waals surface area contributed by atoms with Gasteiger partial charge >= 0.3 is 0 Å². The number of halogens is 1. The van der Waals surface area contributed by atoms with Crippen molar-refractivity contribution in [2.75, 3.05) is 18.2 Å². The Kier molecular flexibility index (Phi) is 4.90. The molecule has 1 aromatic heterocycles. The van der Waals surface area contributed by atoms with Gasteiger partial charge in [0.2, 0.25) is 5.88 Å². The van der Waals surface area contributed by atoms with Gasteiger partial charge in [0.15, 0.2) is 5.82 Å². The molecule has 0 saturated heterocycles. The Morgan fingerprint density at radius 1 is 1.08 bits per heavy atom. The molecule has 0 atom stereocenters. The first-order valence-corrected chi connectivity index (χ1v) is 7.90. The van der Waals surface area contributed by atoms with Gasteiger partial charge < -0.3 is 20.5 Å². The topological polar surface area (TPSA) is 82.3 Å². The molecule has 0 saturated carbocycles. The molecule has 6 nitrogen and oxygen atoms in total. The minimum Gasteiger partial charge on any atom is -0.497 e. The number of nitrogens with two attached hydrogens (primary N) is 1. The van der Waals surface area contributed by atoms with Crippen LogP contribution in [0.2, 0.25) is 5.02 Å². The second kappa shape index (κ2) is 7.27. The van der Waals surface area contributed by atoms with Gasteiger partial charge in [0, 0.05) is 16.8 Å². The smallest absolute Gasteiger partial charge is 0.248 e. The molecule has 7 heteroatoms. The van der Waals surface area contributed by atoms with E-state index >= 15 is 0 Å². The molecular formula is C18H17ClN4O2. The van der Waals surface area contributed by atoms with Crippen molar-refractivity contribution in [3.8, 4) is 17.4 Å². The highest BCUT2D eigenvalue weighted by Gasteiger charge is 2.11. The monoisotopic (exact) mass is 356 g/mol. The molecule has 0 unspecified atom stereocenters. The highest BCUT2D eigenvalue weighted by molar-refractivity contribution is 6.31. The van der Waals surface area contributed by atoms with Crippen molar-refractivity contribution in [1.82, 2.24) is 9.97 Å². The lowest BCUT2D eigenvalue weighted by molar-refractivity contribution is 0.415. The van der Waals surface area contributed by atoms with E-state index in [0.717, 1.165) is 17.0 Å². The van der Waals surface area contributed by atoms with Crippen LogP contribution in [0.3, 0.4) is 0 Å². The average molecular weight is 357 g/mol. The first-order valence-electron chi connectivity index (χ1n) is 7.52. The summed E-state index contributed by atoms with van der Waals surface area (Å²) in [4.78, 5) is 8.28. The molecule has 0 fully saturated rings. The van der Waals surface area contributed by atoms with Crippen LogP contribution in [0, 0.1) is 6.92 Å². The molecule has 25 heavy (non-hydrogen) atoms. The largest absolute Gasteiger partial charge is 0.497 e. The summed E-state index contributed by atoms with van der Waals surface area (Å²) in [5.74, 6) is 2.04. The van der Waals surface area contributed by atoms with Crippen LogP contribution in [0.5, 0.6) is 17.4 Å². The minimum atomic E-state index is 0.266. The summed E-state index contributed by atoms with van der Waals surface area (Å²) >= 11 is 6.03. The van der Waals surface area contributed by atoms with E-state index in [4.69, 9.17) is 26.8 Å². The van der Waals surface area contributed by atoms with Crippen LogP contribution in [-0.4, -0.2) is 17.1 Å². The van der Waals surface area contributed by atoms with E-state index < -0.39 is 0 Å². The van der Waals surface area contributed by atoms with Gasteiger partial charge in [-0.1, -0.05) is 17.7 Å². The minimum absolute atomic E-state index is 0.266. The van der Waals surface area contributed by atoms with E-state index in [2.05, 4.69) is 15.3 Å². The molecule has 0 spiro atoms. The van der Waals surface area contributed by atoms with E-state index in [1.165, 1.54) is 6.33 Å². The van der Waals surface area contributed by atoms with Crippen LogP contribution in [0.15, 0.2) is 48.8 Å². The average Bonchev–Trinajstić information content (AvgIpc) is 2.62. The number of aryl methyl sites for hydroxylation is 1. The number of nitrogens with zero attached hydrogens (tertiary/aromatic N) is 2. The zero-order valence-corrected chi connectivity index (χ0v) is 14.5. The number of hydrogen-bond acceptors (Lipinski definition) is 6. The quantitative estimate of drug-likeness (QED) is 0.697. The van der Waals surface area contributed by atoms with Gasteiger partial charge in [0.1, 0.15) is 23.5 Å². The summed E-state index contributed by atoms with van der Waals surface area (Å²) in [6, 6.07) is 12.8. The number of aromatic nitrogens is 2. The van der Waals surface area contributed by atoms with Crippen LogP contribution in [0.4, 0.5) is 17.2 Å². The molecule has 3 aromatic rings. The summed E-state index contributed by atoms with van der Waals surface area (Å²) in [5.41, 5.74) is 8.15. The Morgan fingerprint density at radius 3 is 2.68 bits per heavy atom. The Hall–Kier alpha value is -2.99. The molecule has 1 heterocycles. The Labute approximate surface area is 150 Å². The first kappa shape index (κ1) is 16.9. The van der Waals surface area contributed by atoms with Crippen LogP contribution >= 0.6 is 11.6 Å². The number of methoxy groups -OCH3 is 1. The van der Waals surface area contributed by atoms with Crippen molar-refractivity contribution in [2.45, 2.75) is 6.92 Å². The van der Waals surface area contributed by atoms with Crippen LogP contribution in [0.25, 0.3) is 0 Å². The zero-order valence-electron chi connectivity index (χ0n) is 13.8. The van der Waals surface area contributed by atoms with Gasteiger partial charge in [0.05, 0.1) is 7.11 Å². The van der Waals surface area contributed by atoms with E-state index in [9.17, 15) is 0 Å². The third-order valence-electron chi connectivity index (χ3n) is 3.52. The van der Waals surface area contributed by atoms with Crippen molar-refractivity contribution >= 4 is 28.8 Å². The Balaban J connectivity index is 1.85. The maximum atomic E-state index is 6.15. The maximum Gasteiger partial charge on any atom is 0.248 e. The van der Waals surface area contributed by atoms with Crippen LogP contribution in [0.1, 0.15) is 5.56 Å². The van der Waals surface area contributed by atoms with Crippen molar-refractivity contribution in [3.63, 3.8) is 0 Å². The van der Waals surface area contributed by atoms with Gasteiger partial charge in [-0.2, -0.15) is 4.98 Å². The molecule has 0 bridgehead atoms. The Bertz CT molecular complexity index is 902. The normalized spacial score (nSPS) is 10.4. The van der Waals surface area contributed by atoms with Crippen LogP contribution in [-0.2, 0) is 0 Å². The van der Waals surface area contributed by atoms with Crippen molar-refractivity contribution in [3.05, 3.63) is 59.4 Å². The second-order valence-electron chi connectivity index (χ2n) is 5.31. The fourth-order valence-electron chi connectivity index (χ4n) is 2.19. The third kappa shape index (κ3) is 3.92. The SMILES string of the molecule is COc1cccc(Nc2ncnc(Oc3ccc(Cl)c(C)c3)c2N)c1. The number of nitrogens with one attached hydrogen (secondary N) is 1. The molecule has 0 aliphatic carbocycles. The van der Waals surface area contributed by atoms with E-state index in [1.807, 2.05) is 37.3 Å². The van der Waals surface area contributed by atoms with Crippen LogP contribution < -0.4 is 20.5 Å². The molecule has 3 rings (SSSR count). The van der Waals surface area contributed by atoms with Crippen molar-refractivity contribution in [2.24, 2.45) is 0 Å². The molecule has 0 aliphatic heterocycles. The predicted octanol–water partition coefficient (Wildman–Crippen LogP) is 4.57. The lowest BCUT2D eigenvalue weighted by atomic mass is 10.2. The zero-order chi connectivity index (χ0) is 17.8. The lowest BCUT2D eigenvalue weighted by Gasteiger charge is -2.12. The third-order valence-corrected chi connectivity index (χ3v) is 3.95. The fourth-order valence-corrected chi connectivity index (χ4v) is 2.31. The summed E-state index contributed by atoms with van der Waals surface area (Å²) in [6.07, 6.45) is 1.39. The summed E-state index contributed by atoms with van der Waals surface area (Å²) in [6.45, 7) is 1.90. The summed E-state index contributed by atoms with van der Waals surface area (Å²) in [5, 5.41) is 3.81. The highest BCUT2D eigenvalue weighted by atomic mass is 35.5. The highest BCUT2D eigenvalue weighted by Crippen LogP contribution is 2.32. The van der Waals surface area contributed by atoms with Gasteiger partial charge in [-0.15, -0.1) is 0 Å². The predicted molar refractivity (Wildman–Crippen MR) is 99.0 cm³/mol. The summed E-state index contributed by atoms with van der Waals surface area (Å²) < 4.78 is 11.0. The molecule has 0 radical (unpaired) electrons. The standard InChI is InChI=1S/C18H17ClN4O2/c1-11-8-14(6-7-15(11)19)25-18-16(20)17(21-10-22-18)23-12-4-3-5-13(9-12)24-2/h3-10H,20H2,1-2H3,(H,21,22,23). The van der Waals surface area contributed by atoms with Crippen molar-refractivity contribution < 1.29 is 9.47 Å². The van der Waals surface area contributed by atoms with E-state index in [1.54, 1.807) is 19.2 Å². The first-order chi connectivity index (χ1) is 12.1. The van der Waals surface area contributed by atoms with Gasteiger partial charge in [0.25, 0.3) is 0 Å². The number of anilines is 3. The number of rotatable bonds is 5. The number of hydrogen-bond donors (Lipinski definition) is 2. The van der Waals surface area contributed by atoms with Gasteiger partial charge in [-0.05, 0) is 42.8 Å². The second-order valence-corrected chi connectivity index (χ2v) is 5.72. The van der Waals surface area contributed by atoms with E-state index in [0.29, 0.717) is 22.3 Å².